The number of nitrogens with zero attached hydrogens (tertiary/aromatic N) is 2. The number of carbonyl (C=O) groups is 1. The van der Waals surface area contributed by atoms with Crippen molar-refractivity contribution in [1.82, 2.24) is 14.8 Å². The maximum absolute atomic E-state index is 13.3. The Morgan fingerprint density at radius 3 is 2.48 bits per heavy atom. The monoisotopic (exact) mass is 439 g/mol. The zero-order valence-corrected chi connectivity index (χ0v) is 19.1. The predicted molar refractivity (Wildman–Crippen MR) is 124 cm³/mol. The van der Waals surface area contributed by atoms with Crippen LogP contribution in [0.2, 0.25) is 0 Å². The molecule has 0 saturated carbocycles. The molecule has 0 bridgehead atoms. The first-order chi connectivity index (χ1) is 15.1. The minimum absolute atomic E-state index is 0.0303. The van der Waals surface area contributed by atoms with Crippen LogP contribution in [0.5, 0.6) is 5.75 Å². The SMILES string of the molecule is COc1ccc([C@@H](CNC(=O)c2c(-n3cccc3)sc(C)c2C)N2CCOCC2)cc1. The fourth-order valence-electron chi connectivity index (χ4n) is 3.98. The van der Waals surface area contributed by atoms with Crippen LogP contribution in [0.15, 0.2) is 48.8 Å². The van der Waals surface area contributed by atoms with Gasteiger partial charge in [0.1, 0.15) is 10.8 Å². The minimum atomic E-state index is -0.0303. The molecule has 7 heteroatoms. The van der Waals surface area contributed by atoms with Crippen LogP contribution in [0.3, 0.4) is 0 Å². The normalized spacial score (nSPS) is 15.6. The van der Waals surface area contributed by atoms with E-state index in [1.165, 1.54) is 0 Å². The summed E-state index contributed by atoms with van der Waals surface area (Å²) < 4.78 is 12.9. The highest BCUT2D eigenvalue weighted by atomic mass is 32.1. The Labute approximate surface area is 187 Å². The molecule has 3 aromatic rings. The number of morpholine rings is 1. The number of amides is 1. The Hall–Kier alpha value is -2.61. The van der Waals surface area contributed by atoms with E-state index in [1.54, 1.807) is 18.4 Å². The van der Waals surface area contributed by atoms with Crippen LogP contribution in [-0.2, 0) is 4.74 Å². The molecule has 31 heavy (non-hydrogen) atoms. The van der Waals surface area contributed by atoms with Crippen LogP contribution in [-0.4, -0.2) is 55.3 Å². The Kier molecular flexibility index (Phi) is 6.75. The first kappa shape index (κ1) is 21.6. The molecule has 1 fully saturated rings. The third kappa shape index (κ3) is 4.69. The summed E-state index contributed by atoms with van der Waals surface area (Å²) in [7, 11) is 1.67. The zero-order chi connectivity index (χ0) is 21.8. The number of carbonyl (C=O) groups excluding carboxylic acids is 1. The van der Waals surface area contributed by atoms with Gasteiger partial charge in [-0.2, -0.15) is 0 Å². The number of methoxy groups -OCH3 is 1. The van der Waals surface area contributed by atoms with Crippen molar-refractivity contribution in [3.05, 3.63) is 70.4 Å². The van der Waals surface area contributed by atoms with E-state index in [4.69, 9.17) is 9.47 Å². The molecule has 1 atom stereocenters. The number of hydrogen-bond donors (Lipinski definition) is 1. The second kappa shape index (κ2) is 9.68. The fraction of sp³-hybridized carbons (Fsp3) is 0.375. The number of thiophene rings is 1. The Morgan fingerprint density at radius 2 is 1.84 bits per heavy atom. The van der Waals surface area contributed by atoms with Gasteiger partial charge in [0.25, 0.3) is 5.91 Å². The highest BCUT2D eigenvalue weighted by molar-refractivity contribution is 7.15. The van der Waals surface area contributed by atoms with Crippen LogP contribution in [0.4, 0.5) is 0 Å². The second-order valence-electron chi connectivity index (χ2n) is 7.70. The van der Waals surface area contributed by atoms with Gasteiger partial charge in [-0.05, 0) is 49.2 Å². The van der Waals surface area contributed by atoms with Crippen LogP contribution < -0.4 is 10.1 Å². The van der Waals surface area contributed by atoms with Crippen LogP contribution in [0.1, 0.15) is 32.4 Å². The van der Waals surface area contributed by atoms with Gasteiger partial charge >= 0.3 is 0 Å². The lowest BCUT2D eigenvalue weighted by atomic mass is 10.0. The van der Waals surface area contributed by atoms with Crippen molar-refractivity contribution in [1.29, 1.82) is 0 Å². The maximum Gasteiger partial charge on any atom is 0.254 e. The molecule has 4 rings (SSSR count). The number of rotatable bonds is 7. The average Bonchev–Trinajstić information content (AvgIpc) is 3.43. The average molecular weight is 440 g/mol. The minimum Gasteiger partial charge on any atom is -0.497 e. The highest BCUT2D eigenvalue weighted by Gasteiger charge is 2.25. The van der Waals surface area contributed by atoms with Gasteiger partial charge in [-0.3, -0.25) is 9.69 Å². The molecular formula is C24H29N3O3S. The molecule has 3 heterocycles. The van der Waals surface area contributed by atoms with Gasteiger partial charge < -0.3 is 19.4 Å². The molecular weight excluding hydrogens is 410 g/mol. The predicted octanol–water partition coefficient (Wildman–Crippen LogP) is 3.97. The third-order valence-electron chi connectivity index (χ3n) is 5.88. The quantitative estimate of drug-likeness (QED) is 0.605. The molecule has 1 aliphatic heterocycles. The molecule has 1 amide bonds. The molecule has 1 saturated heterocycles. The Bertz CT molecular complexity index is 1010. The third-order valence-corrected chi connectivity index (χ3v) is 7.10. The van der Waals surface area contributed by atoms with Crippen molar-refractivity contribution in [3.63, 3.8) is 0 Å². The van der Waals surface area contributed by atoms with Gasteiger partial charge in [0, 0.05) is 36.9 Å². The standard InChI is InChI=1S/C24H29N3O3S/c1-17-18(2)31-24(27-10-4-5-11-27)22(17)23(28)25-16-21(26-12-14-30-15-13-26)19-6-8-20(29-3)9-7-19/h4-11,21H,12-16H2,1-3H3,(H,25,28)/t21-/m1/s1. The molecule has 164 valence electrons. The summed E-state index contributed by atoms with van der Waals surface area (Å²) in [5.74, 6) is 0.798. The summed E-state index contributed by atoms with van der Waals surface area (Å²) >= 11 is 1.65. The van der Waals surface area contributed by atoms with Crippen molar-refractivity contribution in [2.45, 2.75) is 19.9 Å². The Balaban J connectivity index is 1.56. The molecule has 0 radical (unpaired) electrons. The molecule has 6 nitrogen and oxygen atoms in total. The lowest BCUT2D eigenvalue weighted by Gasteiger charge is -2.35. The number of aryl methyl sites for hydroxylation is 1. The van der Waals surface area contributed by atoms with Crippen LogP contribution in [0.25, 0.3) is 5.00 Å². The lowest BCUT2D eigenvalue weighted by molar-refractivity contribution is 0.0162. The first-order valence-corrected chi connectivity index (χ1v) is 11.4. The van der Waals surface area contributed by atoms with Crippen LogP contribution in [0, 0.1) is 13.8 Å². The van der Waals surface area contributed by atoms with Crippen LogP contribution >= 0.6 is 11.3 Å². The van der Waals surface area contributed by atoms with Gasteiger partial charge in [-0.1, -0.05) is 12.1 Å². The van der Waals surface area contributed by atoms with E-state index in [9.17, 15) is 4.79 Å². The zero-order valence-electron chi connectivity index (χ0n) is 18.3. The van der Waals surface area contributed by atoms with Gasteiger partial charge in [-0.25, -0.2) is 0 Å². The van der Waals surface area contributed by atoms with Crippen molar-refractivity contribution < 1.29 is 14.3 Å². The summed E-state index contributed by atoms with van der Waals surface area (Å²) in [6.45, 7) is 7.73. The van der Waals surface area contributed by atoms with E-state index >= 15 is 0 Å². The smallest absolute Gasteiger partial charge is 0.254 e. The molecule has 0 unspecified atom stereocenters. The summed E-state index contributed by atoms with van der Waals surface area (Å²) in [4.78, 5) is 16.9. The molecule has 1 aliphatic rings. The molecule has 1 N–H and O–H groups in total. The van der Waals surface area contributed by atoms with Gasteiger partial charge in [0.2, 0.25) is 0 Å². The highest BCUT2D eigenvalue weighted by Crippen LogP contribution is 2.31. The largest absolute Gasteiger partial charge is 0.497 e. The van der Waals surface area contributed by atoms with Crippen molar-refractivity contribution in [2.75, 3.05) is 40.0 Å². The number of ether oxygens (including phenoxy) is 2. The van der Waals surface area contributed by atoms with Crippen molar-refractivity contribution >= 4 is 17.2 Å². The first-order valence-electron chi connectivity index (χ1n) is 10.6. The summed E-state index contributed by atoms with van der Waals surface area (Å²) in [5.41, 5.74) is 2.96. The molecule has 1 aromatic carbocycles. The molecule has 0 aliphatic carbocycles. The van der Waals surface area contributed by atoms with E-state index in [0.29, 0.717) is 19.8 Å². The van der Waals surface area contributed by atoms with Gasteiger partial charge in [0.05, 0.1) is 31.9 Å². The van der Waals surface area contributed by atoms with E-state index in [2.05, 4.69) is 29.3 Å². The maximum atomic E-state index is 13.3. The number of benzene rings is 1. The van der Waals surface area contributed by atoms with Gasteiger partial charge in [0.15, 0.2) is 0 Å². The van der Waals surface area contributed by atoms with Crippen molar-refractivity contribution in [3.8, 4) is 10.8 Å². The molecule has 2 aromatic heterocycles. The lowest BCUT2D eigenvalue weighted by Crippen LogP contribution is -2.44. The van der Waals surface area contributed by atoms with E-state index < -0.39 is 0 Å². The number of nitrogens with one attached hydrogen (secondary N) is 1. The van der Waals surface area contributed by atoms with E-state index in [-0.39, 0.29) is 11.9 Å². The fourth-order valence-corrected chi connectivity index (χ4v) is 5.10. The molecule has 0 spiro atoms. The summed E-state index contributed by atoms with van der Waals surface area (Å²) in [5, 5.41) is 4.18. The van der Waals surface area contributed by atoms with Crippen molar-refractivity contribution in [2.24, 2.45) is 0 Å². The Morgan fingerprint density at radius 1 is 1.16 bits per heavy atom. The summed E-state index contributed by atoms with van der Waals surface area (Å²) in [6.07, 6.45) is 3.96. The summed E-state index contributed by atoms with van der Waals surface area (Å²) in [6, 6.07) is 12.1. The topological polar surface area (TPSA) is 55.7 Å². The van der Waals surface area contributed by atoms with E-state index in [1.807, 2.05) is 48.1 Å². The van der Waals surface area contributed by atoms with Gasteiger partial charge in [-0.15, -0.1) is 11.3 Å². The number of hydrogen-bond acceptors (Lipinski definition) is 5. The second-order valence-corrected chi connectivity index (χ2v) is 8.90. The number of aromatic nitrogens is 1. The van der Waals surface area contributed by atoms with E-state index in [0.717, 1.165) is 45.4 Å².